The molecule has 4 aliphatic carbocycles. The van der Waals surface area contributed by atoms with Crippen molar-refractivity contribution in [3.05, 3.63) is 47.7 Å². The standard InChI is InChI=1S/C24H26F3N3O2/c25-24(26,27)17-3-1-14(2-4-17)19-5-6-20(30-19)21(31)29-12-18-15-7-13-8-16(18)11-23(9-13,10-15)22(28)32/h1-6,13,15-16,18,30H,7-12H2,(H2,28,32)(H,29,31). The summed E-state index contributed by atoms with van der Waals surface area (Å²) >= 11 is 0. The van der Waals surface area contributed by atoms with E-state index >= 15 is 0 Å². The molecular formula is C24H26F3N3O2. The highest BCUT2D eigenvalue weighted by Crippen LogP contribution is 2.61. The third kappa shape index (κ3) is 3.59. The summed E-state index contributed by atoms with van der Waals surface area (Å²) in [6, 6.07) is 8.17. The lowest BCUT2D eigenvalue weighted by molar-refractivity contribution is -0.149. The number of aromatic nitrogens is 1. The smallest absolute Gasteiger partial charge is 0.369 e. The number of hydrogen-bond donors (Lipinski definition) is 3. The van der Waals surface area contributed by atoms with Crippen LogP contribution in [0.5, 0.6) is 0 Å². The molecule has 1 aromatic heterocycles. The molecule has 32 heavy (non-hydrogen) atoms. The fraction of sp³-hybridized carbons (Fsp3) is 0.500. The average molecular weight is 445 g/mol. The van der Waals surface area contributed by atoms with Gasteiger partial charge in [0.2, 0.25) is 5.91 Å². The monoisotopic (exact) mass is 445 g/mol. The van der Waals surface area contributed by atoms with Crippen molar-refractivity contribution < 1.29 is 22.8 Å². The Bertz CT molecular complexity index is 1030. The normalized spacial score (nSPS) is 31.0. The summed E-state index contributed by atoms with van der Waals surface area (Å²) < 4.78 is 38.3. The first-order chi connectivity index (χ1) is 15.1. The second kappa shape index (κ2) is 7.39. The number of carbonyl (C=O) groups is 2. The number of H-pyrrole nitrogens is 1. The van der Waals surface area contributed by atoms with Crippen molar-refractivity contribution >= 4 is 11.8 Å². The van der Waals surface area contributed by atoms with Crippen LogP contribution in [0.4, 0.5) is 13.2 Å². The van der Waals surface area contributed by atoms with Crippen LogP contribution < -0.4 is 11.1 Å². The Morgan fingerprint density at radius 1 is 1.03 bits per heavy atom. The van der Waals surface area contributed by atoms with Gasteiger partial charge < -0.3 is 16.0 Å². The number of alkyl halides is 3. The van der Waals surface area contributed by atoms with Crippen LogP contribution in [0.3, 0.4) is 0 Å². The van der Waals surface area contributed by atoms with Crippen LogP contribution in [0.2, 0.25) is 0 Å². The lowest BCUT2D eigenvalue weighted by atomic mass is 9.46. The second-order valence-corrected chi connectivity index (χ2v) is 9.85. The molecule has 4 fully saturated rings. The second-order valence-electron chi connectivity index (χ2n) is 9.85. The van der Waals surface area contributed by atoms with Gasteiger partial charge in [-0.15, -0.1) is 0 Å². The maximum Gasteiger partial charge on any atom is 0.416 e. The lowest BCUT2D eigenvalue weighted by Crippen LogP contribution is -2.57. The van der Waals surface area contributed by atoms with Crippen LogP contribution in [0.1, 0.15) is 48.2 Å². The quantitative estimate of drug-likeness (QED) is 0.639. The molecule has 4 aliphatic rings. The Balaban J connectivity index is 1.23. The van der Waals surface area contributed by atoms with Gasteiger partial charge in [0.25, 0.3) is 5.91 Å². The average Bonchev–Trinajstić information content (AvgIpc) is 3.22. The Hall–Kier alpha value is -2.77. The molecule has 1 aromatic carbocycles. The van der Waals surface area contributed by atoms with E-state index in [0.29, 0.717) is 47.2 Å². The van der Waals surface area contributed by atoms with Gasteiger partial charge in [0.15, 0.2) is 0 Å². The highest BCUT2D eigenvalue weighted by molar-refractivity contribution is 5.93. The molecule has 4 N–H and O–H groups in total. The number of benzene rings is 1. The minimum Gasteiger partial charge on any atom is -0.369 e. The number of aromatic amines is 1. The number of primary amides is 1. The molecular weight excluding hydrogens is 419 g/mol. The Morgan fingerprint density at radius 2 is 1.69 bits per heavy atom. The van der Waals surface area contributed by atoms with Crippen molar-refractivity contribution in [3.63, 3.8) is 0 Å². The van der Waals surface area contributed by atoms with Gasteiger partial charge in [-0.3, -0.25) is 9.59 Å². The van der Waals surface area contributed by atoms with Crippen molar-refractivity contribution in [3.8, 4) is 11.3 Å². The Kier molecular flexibility index (Phi) is 4.87. The third-order valence-electron chi connectivity index (χ3n) is 7.94. The molecule has 0 saturated heterocycles. The van der Waals surface area contributed by atoms with Gasteiger partial charge in [-0.25, -0.2) is 0 Å². The van der Waals surface area contributed by atoms with Crippen molar-refractivity contribution in [2.24, 2.45) is 34.8 Å². The first kappa shape index (κ1) is 21.1. The summed E-state index contributed by atoms with van der Waals surface area (Å²) in [5, 5.41) is 3.03. The fourth-order valence-electron chi connectivity index (χ4n) is 6.61. The number of rotatable bonds is 5. The maximum absolute atomic E-state index is 12.8. The molecule has 2 amide bonds. The first-order valence-corrected chi connectivity index (χ1v) is 11.1. The fourth-order valence-corrected chi connectivity index (χ4v) is 6.61. The van der Waals surface area contributed by atoms with E-state index in [1.165, 1.54) is 12.1 Å². The molecule has 0 spiro atoms. The van der Waals surface area contributed by atoms with Crippen molar-refractivity contribution in [2.75, 3.05) is 6.54 Å². The summed E-state index contributed by atoms with van der Waals surface area (Å²) in [5.41, 5.74) is 6.23. The van der Waals surface area contributed by atoms with Gasteiger partial charge >= 0.3 is 6.18 Å². The van der Waals surface area contributed by atoms with E-state index in [1.54, 1.807) is 12.1 Å². The van der Waals surface area contributed by atoms with Gasteiger partial charge in [0, 0.05) is 17.7 Å². The molecule has 1 heterocycles. The predicted octanol–water partition coefficient (Wildman–Crippen LogP) is 4.36. The van der Waals surface area contributed by atoms with Crippen LogP contribution in [0.15, 0.2) is 36.4 Å². The first-order valence-electron chi connectivity index (χ1n) is 11.1. The molecule has 6 rings (SSSR count). The van der Waals surface area contributed by atoms with Crippen LogP contribution in [0, 0.1) is 29.1 Å². The van der Waals surface area contributed by atoms with E-state index in [-0.39, 0.29) is 17.2 Å². The predicted molar refractivity (Wildman–Crippen MR) is 112 cm³/mol. The molecule has 4 saturated carbocycles. The number of nitrogens with one attached hydrogen (secondary N) is 2. The molecule has 2 atom stereocenters. The van der Waals surface area contributed by atoms with E-state index < -0.39 is 11.7 Å². The van der Waals surface area contributed by atoms with E-state index in [0.717, 1.165) is 44.2 Å². The largest absolute Gasteiger partial charge is 0.416 e. The van der Waals surface area contributed by atoms with E-state index in [2.05, 4.69) is 10.3 Å². The lowest BCUT2D eigenvalue weighted by Gasteiger charge is -2.59. The zero-order valence-corrected chi connectivity index (χ0v) is 17.5. The van der Waals surface area contributed by atoms with Crippen LogP contribution in [0.25, 0.3) is 11.3 Å². The number of carbonyl (C=O) groups excluding carboxylic acids is 2. The molecule has 2 unspecified atom stereocenters. The molecule has 5 nitrogen and oxygen atoms in total. The van der Waals surface area contributed by atoms with E-state index in [9.17, 15) is 22.8 Å². The number of hydrogen-bond acceptors (Lipinski definition) is 2. The summed E-state index contributed by atoms with van der Waals surface area (Å²) in [4.78, 5) is 27.8. The summed E-state index contributed by atoms with van der Waals surface area (Å²) in [6.07, 6.45) is 0.407. The van der Waals surface area contributed by atoms with Crippen LogP contribution >= 0.6 is 0 Å². The molecule has 0 radical (unpaired) electrons. The summed E-state index contributed by atoms with van der Waals surface area (Å²) in [7, 11) is 0. The highest BCUT2D eigenvalue weighted by atomic mass is 19.4. The zero-order chi connectivity index (χ0) is 22.7. The van der Waals surface area contributed by atoms with E-state index in [4.69, 9.17) is 5.73 Å². The maximum atomic E-state index is 12.8. The molecule has 4 bridgehead atoms. The Morgan fingerprint density at radius 3 is 2.28 bits per heavy atom. The minimum atomic E-state index is -4.38. The summed E-state index contributed by atoms with van der Waals surface area (Å²) in [6.45, 7) is 0.560. The molecule has 8 heteroatoms. The third-order valence-corrected chi connectivity index (χ3v) is 7.94. The van der Waals surface area contributed by atoms with Crippen LogP contribution in [-0.2, 0) is 11.0 Å². The van der Waals surface area contributed by atoms with Crippen LogP contribution in [-0.4, -0.2) is 23.3 Å². The van der Waals surface area contributed by atoms with Gasteiger partial charge in [0.1, 0.15) is 5.69 Å². The van der Waals surface area contributed by atoms with Gasteiger partial charge in [-0.1, -0.05) is 12.1 Å². The van der Waals surface area contributed by atoms with Gasteiger partial charge in [-0.2, -0.15) is 13.2 Å². The van der Waals surface area contributed by atoms with Crippen molar-refractivity contribution in [1.82, 2.24) is 10.3 Å². The highest BCUT2D eigenvalue weighted by Gasteiger charge is 2.57. The number of nitrogens with two attached hydrogens (primary N) is 1. The molecule has 0 aliphatic heterocycles. The molecule has 170 valence electrons. The number of halogens is 3. The minimum absolute atomic E-state index is 0.165. The van der Waals surface area contributed by atoms with Crippen molar-refractivity contribution in [1.29, 1.82) is 0 Å². The van der Waals surface area contributed by atoms with Crippen molar-refractivity contribution in [2.45, 2.75) is 38.3 Å². The topological polar surface area (TPSA) is 88.0 Å². The number of amides is 2. The zero-order valence-electron chi connectivity index (χ0n) is 17.5. The Labute approximate surface area is 183 Å². The van der Waals surface area contributed by atoms with Gasteiger partial charge in [0.05, 0.1) is 5.56 Å². The van der Waals surface area contributed by atoms with E-state index in [1.807, 2.05) is 0 Å². The SMILES string of the molecule is NC(=O)C12CC3CC(C1)C(CNC(=O)c1ccc(-c4ccc(C(F)(F)F)cc4)[nH]1)C(C3)C2. The summed E-state index contributed by atoms with van der Waals surface area (Å²) in [5.74, 6) is 1.36. The van der Waals surface area contributed by atoms with Gasteiger partial charge in [-0.05, 0) is 85.6 Å². The molecule has 2 aromatic rings.